The Bertz CT molecular complexity index is 1400. The van der Waals surface area contributed by atoms with Crippen LogP contribution in [-0.4, -0.2) is 31.9 Å². The van der Waals surface area contributed by atoms with Crippen LogP contribution in [0, 0.1) is 0 Å². The van der Waals surface area contributed by atoms with E-state index in [0.29, 0.717) is 0 Å². The molecular weight excluding hydrogens is 491 g/mol. The Labute approximate surface area is 198 Å². The van der Waals surface area contributed by atoms with E-state index >= 15 is 0 Å². The Kier molecular flexibility index (Phi) is 7.39. The van der Waals surface area contributed by atoms with Crippen LogP contribution in [-0.2, 0) is 17.1 Å². The van der Waals surface area contributed by atoms with Crippen molar-refractivity contribution in [3.8, 4) is 11.5 Å². The zero-order chi connectivity index (χ0) is 25.8. The summed E-state index contributed by atoms with van der Waals surface area (Å²) in [5, 5.41) is 2.56. The molecule has 0 atom stereocenters. The van der Waals surface area contributed by atoms with E-state index in [1.54, 1.807) is 6.92 Å². The van der Waals surface area contributed by atoms with Crippen molar-refractivity contribution in [3.05, 3.63) is 76.7 Å². The lowest BCUT2D eigenvalue weighted by molar-refractivity contribution is -0.274. The Morgan fingerprint density at radius 1 is 1.06 bits per heavy atom. The standard InChI is InChI=1S/C22H20F3N3O6S/c1-3-33-18-13-15(26-21(30)14-9-10-28(2)20(29)11-14)7-8-19(18)35(31,32)27-16-5-4-6-17(12-16)34-22(23,24)25/h4-13,27H,3H2,1-2H3,(H,26,30). The van der Waals surface area contributed by atoms with Crippen molar-refractivity contribution < 1.29 is 35.9 Å². The predicted octanol–water partition coefficient (Wildman–Crippen LogP) is 3.74. The van der Waals surface area contributed by atoms with Gasteiger partial charge in [-0.3, -0.25) is 14.3 Å². The summed E-state index contributed by atoms with van der Waals surface area (Å²) in [6, 6.07) is 10.7. The number of benzene rings is 2. The number of rotatable bonds is 8. The molecule has 35 heavy (non-hydrogen) atoms. The number of ether oxygens (including phenoxy) is 2. The van der Waals surface area contributed by atoms with E-state index in [1.165, 1.54) is 54.2 Å². The van der Waals surface area contributed by atoms with Crippen LogP contribution in [0.2, 0.25) is 0 Å². The minimum Gasteiger partial charge on any atom is -0.492 e. The first-order valence-corrected chi connectivity index (χ1v) is 11.5. The zero-order valence-corrected chi connectivity index (χ0v) is 19.2. The van der Waals surface area contributed by atoms with E-state index in [9.17, 15) is 31.2 Å². The number of aryl methyl sites for hydroxylation is 1. The zero-order valence-electron chi connectivity index (χ0n) is 18.4. The van der Waals surface area contributed by atoms with Gasteiger partial charge in [-0.1, -0.05) is 6.07 Å². The van der Waals surface area contributed by atoms with Crippen LogP contribution in [0.3, 0.4) is 0 Å². The first kappa shape index (κ1) is 25.6. The number of nitrogens with zero attached hydrogens (tertiary/aromatic N) is 1. The number of hydrogen-bond acceptors (Lipinski definition) is 6. The van der Waals surface area contributed by atoms with Crippen LogP contribution in [0.15, 0.2) is 70.5 Å². The lowest BCUT2D eigenvalue weighted by Gasteiger charge is -2.15. The highest BCUT2D eigenvalue weighted by molar-refractivity contribution is 7.92. The number of pyridine rings is 1. The van der Waals surface area contributed by atoms with Gasteiger partial charge in [0.1, 0.15) is 16.4 Å². The number of halogens is 3. The van der Waals surface area contributed by atoms with Crippen molar-refractivity contribution in [1.29, 1.82) is 0 Å². The summed E-state index contributed by atoms with van der Waals surface area (Å²) in [5.41, 5.74) is -0.258. The topological polar surface area (TPSA) is 116 Å². The summed E-state index contributed by atoms with van der Waals surface area (Å²) in [4.78, 5) is 23.9. The average Bonchev–Trinajstić information content (AvgIpc) is 2.74. The van der Waals surface area contributed by atoms with Crippen molar-refractivity contribution in [2.45, 2.75) is 18.2 Å². The molecule has 0 unspecified atom stereocenters. The molecule has 0 aliphatic rings. The second kappa shape index (κ2) is 10.1. The van der Waals surface area contributed by atoms with Gasteiger partial charge in [-0.15, -0.1) is 13.2 Å². The third-order valence-electron chi connectivity index (χ3n) is 4.48. The maximum atomic E-state index is 12.9. The Morgan fingerprint density at radius 3 is 2.46 bits per heavy atom. The fourth-order valence-corrected chi connectivity index (χ4v) is 4.11. The molecule has 3 rings (SSSR count). The Hall–Kier alpha value is -4.00. The minimum atomic E-state index is -4.94. The third kappa shape index (κ3) is 6.76. The number of nitrogens with one attached hydrogen (secondary N) is 2. The van der Waals surface area contributed by atoms with Gasteiger partial charge in [0.05, 0.1) is 12.3 Å². The molecule has 9 nitrogen and oxygen atoms in total. The largest absolute Gasteiger partial charge is 0.573 e. The smallest absolute Gasteiger partial charge is 0.492 e. The van der Waals surface area contributed by atoms with Gasteiger partial charge >= 0.3 is 6.36 Å². The van der Waals surface area contributed by atoms with Crippen molar-refractivity contribution in [2.75, 3.05) is 16.6 Å². The number of alkyl halides is 3. The maximum absolute atomic E-state index is 12.9. The summed E-state index contributed by atoms with van der Waals surface area (Å²) in [6.45, 7) is 1.70. The Morgan fingerprint density at radius 2 is 1.80 bits per heavy atom. The molecule has 0 aliphatic carbocycles. The molecule has 1 heterocycles. The molecule has 0 fully saturated rings. The Balaban J connectivity index is 1.86. The van der Waals surface area contributed by atoms with Crippen molar-refractivity contribution in [3.63, 3.8) is 0 Å². The van der Waals surface area contributed by atoms with E-state index in [-0.39, 0.29) is 39.7 Å². The van der Waals surface area contributed by atoms with Gasteiger partial charge in [-0.25, -0.2) is 8.42 Å². The van der Waals surface area contributed by atoms with E-state index in [1.807, 2.05) is 0 Å². The molecule has 186 valence electrons. The van der Waals surface area contributed by atoms with Crippen molar-refractivity contribution in [2.24, 2.45) is 7.05 Å². The van der Waals surface area contributed by atoms with E-state index in [2.05, 4.69) is 14.8 Å². The SMILES string of the molecule is CCOc1cc(NC(=O)c2ccn(C)c(=O)c2)ccc1S(=O)(=O)Nc1cccc(OC(F)(F)F)c1. The molecule has 13 heteroatoms. The second-order valence-electron chi connectivity index (χ2n) is 7.09. The molecular formula is C22H20F3N3O6S. The number of carbonyl (C=O) groups is 1. The number of carbonyl (C=O) groups excluding carboxylic acids is 1. The lowest BCUT2D eigenvalue weighted by atomic mass is 10.2. The first-order chi connectivity index (χ1) is 16.4. The molecule has 2 aromatic carbocycles. The second-order valence-corrected chi connectivity index (χ2v) is 8.75. The van der Waals surface area contributed by atoms with E-state index in [4.69, 9.17) is 4.74 Å². The van der Waals surface area contributed by atoms with Crippen molar-refractivity contribution >= 4 is 27.3 Å². The minimum absolute atomic E-state index is 0.0869. The fourth-order valence-electron chi connectivity index (χ4n) is 2.94. The molecule has 1 amide bonds. The molecule has 1 aromatic heterocycles. The molecule has 0 radical (unpaired) electrons. The third-order valence-corrected chi connectivity index (χ3v) is 5.90. The van der Waals surface area contributed by atoms with Gasteiger partial charge in [0.15, 0.2) is 0 Å². The average molecular weight is 511 g/mol. The summed E-state index contributed by atoms with van der Waals surface area (Å²) in [7, 11) is -2.77. The van der Waals surface area contributed by atoms with Gasteiger partial charge < -0.3 is 19.4 Å². The van der Waals surface area contributed by atoms with E-state index < -0.39 is 28.0 Å². The van der Waals surface area contributed by atoms with Crippen molar-refractivity contribution in [1.82, 2.24) is 4.57 Å². The van der Waals surface area contributed by atoms with Crippen LogP contribution < -0.4 is 25.1 Å². The molecule has 0 bridgehead atoms. The molecule has 0 saturated carbocycles. The van der Waals surface area contributed by atoms with Gasteiger partial charge in [0, 0.05) is 42.7 Å². The highest BCUT2D eigenvalue weighted by Crippen LogP contribution is 2.31. The van der Waals surface area contributed by atoms with E-state index in [0.717, 1.165) is 18.2 Å². The first-order valence-electron chi connectivity index (χ1n) is 10.0. The number of hydrogen-bond donors (Lipinski definition) is 2. The maximum Gasteiger partial charge on any atom is 0.573 e. The van der Waals surface area contributed by atoms with Crippen LogP contribution in [0.25, 0.3) is 0 Å². The number of anilines is 2. The molecule has 0 spiro atoms. The molecule has 0 aliphatic heterocycles. The van der Waals surface area contributed by atoms with Crippen LogP contribution >= 0.6 is 0 Å². The summed E-state index contributed by atoms with van der Waals surface area (Å²) in [5.74, 6) is -1.30. The summed E-state index contributed by atoms with van der Waals surface area (Å²) >= 11 is 0. The van der Waals surface area contributed by atoms with Gasteiger partial charge in [0.2, 0.25) is 0 Å². The number of aromatic nitrogens is 1. The number of sulfonamides is 1. The normalized spacial score (nSPS) is 11.6. The van der Waals surface area contributed by atoms with Gasteiger partial charge in [-0.2, -0.15) is 0 Å². The quantitative estimate of drug-likeness (QED) is 0.476. The van der Waals surface area contributed by atoms with Gasteiger partial charge in [-0.05, 0) is 37.3 Å². The van der Waals surface area contributed by atoms with Gasteiger partial charge in [0.25, 0.3) is 21.5 Å². The predicted molar refractivity (Wildman–Crippen MR) is 121 cm³/mol. The van der Waals surface area contributed by atoms with Crippen LogP contribution in [0.4, 0.5) is 24.5 Å². The van der Waals surface area contributed by atoms with Crippen LogP contribution in [0.5, 0.6) is 11.5 Å². The lowest BCUT2D eigenvalue weighted by Crippen LogP contribution is -2.20. The molecule has 0 saturated heterocycles. The number of amides is 1. The molecule has 2 N–H and O–H groups in total. The van der Waals surface area contributed by atoms with Crippen LogP contribution in [0.1, 0.15) is 17.3 Å². The molecule has 3 aromatic rings. The summed E-state index contributed by atoms with van der Waals surface area (Å²) in [6.07, 6.45) is -3.51. The monoisotopic (exact) mass is 511 g/mol. The highest BCUT2D eigenvalue weighted by atomic mass is 32.2. The highest BCUT2D eigenvalue weighted by Gasteiger charge is 2.31. The fraction of sp³-hybridized carbons (Fsp3) is 0.182. The summed E-state index contributed by atoms with van der Waals surface area (Å²) < 4.78 is 76.0.